The number of ether oxygens (including phenoxy) is 2. The first-order valence-corrected chi connectivity index (χ1v) is 9.06. The molecule has 0 heterocycles. The summed E-state index contributed by atoms with van der Waals surface area (Å²) in [6.07, 6.45) is 8.45. The Kier molecular flexibility index (Phi) is 10.1. The molecule has 0 aliphatic rings. The van der Waals surface area contributed by atoms with Crippen LogP contribution in [0.2, 0.25) is 0 Å². The van der Waals surface area contributed by atoms with Crippen molar-refractivity contribution in [1.29, 1.82) is 0 Å². The lowest BCUT2D eigenvalue weighted by Gasteiger charge is -2.08. The van der Waals surface area contributed by atoms with Crippen molar-refractivity contribution in [3.8, 4) is 23.3 Å². The van der Waals surface area contributed by atoms with E-state index in [1.165, 1.54) is 37.7 Å². The van der Waals surface area contributed by atoms with Gasteiger partial charge in [0.25, 0.3) is 0 Å². The van der Waals surface area contributed by atoms with Crippen LogP contribution in [0, 0.1) is 11.8 Å². The van der Waals surface area contributed by atoms with Gasteiger partial charge in [-0.05, 0) is 37.0 Å². The molecule has 0 aliphatic carbocycles. The van der Waals surface area contributed by atoms with E-state index in [2.05, 4.69) is 46.6 Å². The highest BCUT2D eigenvalue weighted by Crippen LogP contribution is 2.23. The van der Waals surface area contributed by atoms with E-state index in [0.717, 1.165) is 28.8 Å². The monoisotopic (exact) mass is 400 g/mol. The fourth-order valence-electron chi connectivity index (χ4n) is 2.22. The summed E-state index contributed by atoms with van der Waals surface area (Å²) in [5.41, 5.74) is 1.29. The summed E-state index contributed by atoms with van der Waals surface area (Å²) < 4.78 is 11.5. The number of hydrogen-bond donors (Lipinski definition) is 0. The molecule has 0 fully saturated rings. The largest absolute Gasteiger partial charge is 0.497 e. The molecule has 1 aromatic rings. The number of alkyl halides is 1. The van der Waals surface area contributed by atoms with Gasteiger partial charge in [0.1, 0.15) is 11.5 Å². The van der Waals surface area contributed by atoms with Crippen molar-refractivity contribution in [3.63, 3.8) is 0 Å². The lowest BCUT2D eigenvalue weighted by molar-refractivity contribution is 0.393. The van der Waals surface area contributed by atoms with Gasteiger partial charge in [0.05, 0.1) is 18.6 Å². The lowest BCUT2D eigenvalue weighted by Crippen LogP contribution is -1.92. The first-order chi connectivity index (χ1) is 10.3. The molecule has 0 spiro atoms. The number of benzene rings is 1. The van der Waals surface area contributed by atoms with Crippen molar-refractivity contribution >= 4 is 22.6 Å². The molecule has 0 saturated heterocycles. The third-order valence-electron chi connectivity index (χ3n) is 3.37. The van der Waals surface area contributed by atoms with E-state index < -0.39 is 0 Å². The molecular formula is C18H25IO2. The maximum atomic E-state index is 5.30. The summed E-state index contributed by atoms with van der Waals surface area (Å²) >= 11 is 2.29. The lowest BCUT2D eigenvalue weighted by atomic mass is 10.0. The molecular weight excluding hydrogens is 375 g/mol. The second-order valence-corrected chi connectivity index (χ2v) is 5.74. The van der Waals surface area contributed by atoms with E-state index in [4.69, 9.17) is 9.47 Å². The number of unbranched alkanes of at least 4 members (excludes halogenated alkanes) is 5. The molecule has 0 N–H and O–H groups in total. The van der Waals surface area contributed by atoms with E-state index >= 15 is 0 Å². The van der Waals surface area contributed by atoms with Gasteiger partial charge in [-0.3, -0.25) is 0 Å². The Morgan fingerprint density at radius 1 is 0.857 bits per heavy atom. The summed E-state index contributed by atoms with van der Waals surface area (Å²) in [7, 11) is 3.39. The number of methoxy groups -OCH3 is 2. The first-order valence-electron chi connectivity index (χ1n) is 7.53. The smallest absolute Gasteiger partial charge is 0.122 e. The molecule has 0 unspecified atom stereocenters. The van der Waals surface area contributed by atoms with Crippen LogP contribution in [0.25, 0.3) is 0 Å². The molecule has 116 valence electrons. The van der Waals surface area contributed by atoms with E-state index in [-0.39, 0.29) is 0 Å². The Labute approximate surface area is 142 Å². The topological polar surface area (TPSA) is 18.5 Å². The molecule has 0 aromatic heterocycles. The molecule has 0 radical (unpaired) electrons. The summed E-state index contributed by atoms with van der Waals surface area (Å²) in [6.45, 7) is 0. The van der Waals surface area contributed by atoms with E-state index in [0.29, 0.717) is 0 Å². The molecule has 0 bridgehead atoms. The van der Waals surface area contributed by atoms with Crippen molar-refractivity contribution in [2.45, 2.75) is 44.9 Å². The number of aryl methyl sites for hydroxylation is 1. The van der Waals surface area contributed by atoms with Gasteiger partial charge in [-0.2, -0.15) is 0 Å². The molecule has 21 heavy (non-hydrogen) atoms. The normalized spacial score (nSPS) is 9.86. The number of rotatable bonds is 9. The van der Waals surface area contributed by atoms with Gasteiger partial charge in [-0.25, -0.2) is 0 Å². The van der Waals surface area contributed by atoms with Crippen molar-refractivity contribution in [3.05, 3.63) is 23.8 Å². The zero-order valence-corrected chi connectivity index (χ0v) is 15.2. The maximum Gasteiger partial charge on any atom is 0.122 e. The van der Waals surface area contributed by atoms with Crippen LogP contribution in [-0.4, -0.2) is 18.6 Å². The third-order valence-corrected chi connectivity index (χ3v) is 3.75. The molecule has 0 atom stereocenters. The van der Waals surface area contributed by atoms with Crippen molar-refractivity contribution in [2.24, 2.45) is 0 Å². The highest BCUT2D eigenvalue weighted by molar-refractivity contribution is 14.1. The predicted octanol–water partition coefficient (Wildman–Crippen LogP) is 5.03. The van der Waals surface area contributed by atoms with Gasteiger partial charge >= 0.3 is 0 Å². The molecule has 2 nitrogen and oxygen atoms in total. The fourth-order valence-corrected chi connectivity index (χ4v) is 2.49. The number of halogens is 1. The molecule has 1 rings (SSSR count). The van der Waals surface area contributed by atoms with Gasteiger partial charge in [0, 0.05) is 12.5 Å². The van der Waals surface area contributed by atoms with Crippen molar-refractivity contribution in [1.82, 2.24) is 0 Å². The summed E-state index contributed by atoms with van der Waals surface area (Å²) in [5, 5.41) is 0. The van der Waals surface area contributed by atoms with Crippen molar-refractivity contribution < 1.29 is 9.47 Å². The van der Waals surface area contributed by atoms with Crippen LogP contribution in [0.4, 0.5) is 0 Å². The van der Waals surface area contributed by atoms with Crippen molar-refractivity contribution in [2.75, 3.05) is 18.6 Å². The van der Waals surface area contributed by atoms with E-state index in [1.807, 2.05) is 6.07 Å². The quantitative estimate of drug-likeness (QED) is 0.251. The minimum atomic E-state index is 0.873. The second-order valence-electron chi connectivity index (χ2n) is 4.98. The zero-order valence-electron chi connectivity index (χ0n) is 13.1. The van der Waals surface area contributed by atoms with E-state index in [9.17, 15) is 0 Å². The Morgan fingerprint density at radius 3 is 2.10 bits per heavy atom. The first kappa shape index (κ1) is 18.2. The number of hydrogen-bond acceptors (Lipinski definition) is 2. The Hall–Kier alpha value is -0.890. The van der Waals surface area contributed by atoms with Crippen LogP contribution in [0.3, 0.4) is 0 Å². The summed E-state index contributed by atoms with van der Waals surface area (Å²) in [6, 6.07) is 6.12. The average molecular weight is 400 g/mol. The molecule has 0 aliphatic heterocycles. The highest BCUT2D eigenvalue weighted by Gasteiger charge is 2.01. The molecule has 0 amide bonds. The Morgan fingerprint density at radius 2 is 1.48 bits per heavy atom. The van der Waals surface area contributed by atoms with Crippen LogP contribution >= 0.6 is 22.6 Å². The Bertz CT molecular complexity index is 438. The molecule has 1 aromatic carbocycles. The minimum absolute atomic E-state index is 0.873. The van der Waals surface area contributed by atoms with Gasteiger partial charge in [-0.15, -0.1) is 5.92 Å². The second kappa shape index (κ2) is 11.7. The Balaban J connectivity index is 2.20. The van der Waals surface area contributed by atoms with Crippen LogP contribution in [0.15, 0.2) is 18.2 Å². The summed E-state index contributed by atoms with van der Waals surface area (Å²) in [5.74, 6) is 8.04. The van der Waals surface area contributed by atoms with Gasteiger partial charge in [-0.1, -0.05) is 47.8 Å². The summed E-state index contributed by atoms with van der Waals surface area (Å²) in [4.78, 5) is 0. The maximum absolute atomic E-state index is 5.30. The molecule has 0 saturated carbocycles. The van der Waals surface area contributed by atoms with Crippen LogP contribution < -0.4 is 9.47 Å². The van der Waals surface area contributed by atoms with Gasteiger partial charge in [0.15, 0.2) is 0 Å². The third kappa shape index (κ3) is 8.21. The van der Waals surface area contributed by atoms with Gasteiger partial charge in [0.2, 0.25) is 0 Å². The standard InChI is InChI=1S/C18H25IO2/c1-20-17-13-16(14-18(15-17)21-2)11-9-7-5-3-4-6-8-10-12-19/h13-15H,3-7,9,11-12H2,1-2H3. The van der Waals surface area contributed by atoms with Crippen LogP contribution in [-0.2, 0) is 6.42 Å². The average Bonchev–Trinajstić information content (AvgIpc) is 2.52. The van der Waals surface area contributed by atoms with Crippen LogP contribution in [0.1, 0.15) is 44.1 Å². The predicted molar refractivity (Wildman–Crippen MR) is 97.6 cm³/mol. The van der Waals surface area contributed by atoms with Gasteiger partial charge < -0.3 is 9.47 Å². The van der Waals surface area contributed by atoms with Crippen LogP contribution in [0.5, 0.6) is 11.5 Å². The zero-order chi connectivity index (χ0) is 15.3. The van der Waals surface area contributed by atoms with E-state index in [1.54, 1.807) is 14.2 Å². The molecule has 3 heteroatoms. The highest BCUT2D eigenvalue weighted by atomic mass is 127. The fraction of sp³-hybridized carbons (Fsp3) is 0.556. The minimum Gasteiger partial charge on any atom is -0.497 e. The SMILES string of the molecule is COc1cc(CCCCCCCC#CCI)cc(OC)c1.